The van der Waals surface area contributed by atoms with Crippen molar-refractivity contribution in [3.05, 3.63) is 99.8 Å². The molecule has 11 heteroatoms. The van der Waals surface area contributed by atoms with Crippen molar-refractivity contribution in [2.45, 2.75) is 32.7 Å². The standard InChI is InChI=1S/C33H30ClN3O7/c1-20-23(3-2-4-26(20)22-5-6-29-32(13-22)42-10-9-41-29)19-44-31-14-30(43-18-21-7-8-36-25(11-21)15-35)24(12-27(31)34)16-37-28(17-38)33(39)40/h2-8,11-14,28,37-38H,9-10,16-19H2,1H3,(H,39,40)/t28-/m1/s1. The van der Waals surface area contributed by atoms with Gasteiger partial charge in [-0.25, -0.2) is 4.98 Å². The van der Waals surface area contributed by atoms with Gasteiger partial charge in [-0.1, -0.05) is 35.9 Å². The number of halogens is 1. The zero-order chi connectivity index (χ0) is 31.1. The molecule has 3 N–H and O–H groups in total. The molecule has 0 spiro atoms. The minimum Gasteiger partial charge on any atom is -0.488 e. The maximum absolute atomic E-state index is 11.4. The Morgan fingerprint density at radius 1 is 1.05 bits per heavy atom. The summed E-state index contributed by atoms with van der Waals surface area (Å²) in [7, 11) is 0. The molecular weight excluding hydrogens is 586 g/mol. The number of carboxylic acids is 1. The van der Waals surface area contributed by atoms with Gasteiger partial charge in [-0.05, 0) is 65.1 Å². The number of benzene rings is 3. The number of aliphatic hydroxyl groups is 1. The van der Waals surface area contributed by atoms with Gasteiger partial charge in [0.15, 0.2) is 11.5 Å². The van der Waals surface area contributed by atoms with Crippen LogP contribution in [0.15, 0.2) is 66.9 Å². The molecule has 0 bridgehead atoms. The summed E-state index contributed by atoms with van der Waals surface area (Å²) < 4.78 is 23.7. The van der Waals surface area contributed by atoms with Crippen molar-refractivity contribution >= 4 is 17.6 Å². The minimum absolute atomic E-state index is 0.0589. The quantitative estimate of drug-likeness (QED) is 0.198. The van der Waals surface area contributed by atoms with Gasteiger partial charge in [0, 0.05) is 24.4 Å². The SMILES string of the molecule is Cc1c(COc2cc(OCc3ccnc(C#N)c3)c(CN[C@H](CO)C(=O)O)cc2Cl)cccc1-c1ccc2c(c1)OCCO2. The Bertz CT molecular complexity index is 1710. The molecule has 1 aliphatic heterocycles. The fourth-order valence-electron chi connectivity index (χ4n) is 4.73. The van der Waals surface area contributed by atoms with Crippen LogP contribution in [0, 0.1) is 18.3 Å². The predicted octanol–water partition coefficient (Wildman–Crippen LogP) is 5.05. The molecule has 5 rings (SSSR count). The van der Waals surface area contributed by atoms with E-state index in [1.807, 2.05) is 49.4 Å². The number of hydrogen-bond acceptors (Lipinski definition) is 9. The van der Waals surface area contributed by atoms with Crippen LogP contribution in [0.4, 0.5) is 0 Å². The summed E-state index contributed by atoms with van der Waals surface area (Å²) in [5, 5.41) is 31.0. The zero-order valence-corrected chi connectivity index (χ0v) is 24.6. The lowest BCUT2D eigenvalue weighted by molar-refractivity contribution is -0.140. The van der Waals surface area contributed by atoms with Crippen LogP contribution in [-0.2, 0) is 24.6 Å². The number of nitriles is 1. The number of carboxylic acid groups (broad SMARTS) is 1. The maximum atomic E-state index is 11.4. The lowest BCUT2D eigenvalue weighted by Crippen LogP contribution is -2.39. The zero-order valence-electron chi connectivity index (χ0n) is 23.9. The molecule has 0 amide bonds. The molecule has 4 aromatic rings. The van der Waals surface area contributed by atoms with Gasteiger partial charge < -0.3 is 29.2 Å². The third kappa shape index (κ3) is 7.21. The number of fused-ring (bicyclic) bond motifs is 1. The first-order valence-corrected chi connectivity index (χ1v) is 14.2. The molecule has 1 aliphatic rings. The van der Waals surface area contributed by atoms with Crippen molar-refractivity contribution in [2.24, 2.45) is 0 Å². The van der Waals surface area contributed by atoms with Crippen molar-refractivity contribution < 1.29 is 34.0 Å². The number of hydrogen-bond donors (Lipinski definition) is 3. The van der Waals surface area contributed by atoms with Crippen molar-refractivity contribution in [2.75, 3.05) is 19.8 Å². The van der Waals surface area contributed by atoms with Crippen molar-refractivity contribution in [3.8, 4) is 40.2 Å². The van der Waals surface area contributed by atoms with E-state index in [-0.39, 0.29) is 25.5 Å². The smallest absolute Gasteiger partial charge is 0.323 e. The summed E-state index contributed by atoms with van der Waals surface area (Å²) in [6.45, 7) is 2.88. The third-order valence-corrected chi connectivity index (χ3v) is 7.45. The Morgan fingerprint density at radius 3 is 2.61 bits per heavy atom. The highest BCUT2D eigenvalue weighted by molar-refractivity contribution is 6.32. The van der Waals surface area contributed by atoms with E-state index in [4.69, 9.17) is 30.5 Å². The molecule has 44 heavy (non-hydrogen) atoms. The van der Waals surface area contributed by atoms with E-state index in [1.165, 1.54) is 6.20 Å². The second-order valence-electron chi connectivity index (χ2n) is 10.0. The Labute approximate surface area is 259 Å². The van der Waals surface area contributed by atoms with Gasteiger partial charge in [-0.2, -0.15) is 5.26 Å². The van der Waals surface area contributed by atoms with E-state index in [9.17, 15) is 20.3 Å². The number of pyridine rings is 1. The Balaban J connectivity index is 1.37. The van der Waals surface area contributed by atoms with Crippen LogP contribution in [0.25, 0.3) is 11.1 Å². The molecule has 0 saturated heterocycles. The van der Waals surface area contributed by atoms with Gasteiger partial charge in [0.05, 0.1) is 11.6 Å². The Kier molecular flexibility index (Phi) is 9.82. The van der Waals surface area contributed by atoms with Gasteiger partial charge in [0.25, 0.3) is 0 Å². The van der Waals surface area contributed by atoms with E-state index in [0.717, 1.165) is 33.6 Å². The van der Waals surface area contributed by atoms with Gasteiger partial charge >= 0.3 is 5.97 Å². The van der Waals surface area contributed by atoms with E-state index in [0.29, 0.717) is 41.0 Å². The fraction of sp³-hybridized carbons (Fsp3) is 0.242. The Morgan fingerprint density at radius 2 is 1.84 bits per heavy atom. The summed E-state index contributed by atoms with van der Waals surface area (Å²) in [5.41, 5.74) is 5.56. The van der Waals surface area contributed by atoms with Gasteiger partial charge in [-0.3, -0.25) is 10.1 Å². The number of aliphatic hydroxyl groups excluding tert-OH is 1. The van der Waals surface area contributed by atoms with Crippen LogP contribution in [0.1, 0.15) is 27.9 Å². The van der Waals surface area contributed by atoms with Crippen LogP contribution >= 0.6 is 11.6 Å². The number of carbonyl (C=O) groups is 1. The summed E-state index contributed by atoms with van der Waals surface area (Å²) in [6.07, 6.45) is 1.52. The topological polar surface area (TPSA) is 143 Å². The highest BCUT2D eigenvalue weighted by atomic mass is 35.5. The molecule has 0 saturated carbocycles. The Hall–Kier alpha value is -4.82. The van der Waals surface area contributed by atoms with E-state index >= 15 is 0 Å². The summed E-state index contributed by atoms with van der Waals surface area (Å²) in [4.78, 5) is 15.4. The van der Waals surface area contributed by atoms with Crippen LogP contribution in [0.2, 0.25) is 5.02 Å². The van der Waals surface area contributed by atoms with Gasteiger partial charge in [-0.15, -0.1) is 0 Å². The summed E-state index contributed by atoms with van der Waals surface area (Å²) >= 11 is 6.63. The van der Waals surface area contributed by atoms with Gasteiger partial charge in [0.2, 0.25) is 0 Å². The number of rotatable bonds is 12. The number of nitrogens with zero attached hydrogens (tertiary/aromatic N) is 2. The minimum atomic E-state index is -1.18. The van der Waals surface area contributed by atoms with Crippen molar-refractivity contribution in [3.63, 3.8) is 0 Å². The van der Waals surface area contributed by atoms with E-state index in [2.05, 4.69) is 10.3 Å². The average Bonchev–Trinajstić information content (AvgIpc) is 3.04. The van der Waals surface area contributed by atoms with Gasteiger partial charge in [0.1, 0.15) is 55.7 Å². The largest absolute Gasteiger partial charge is 0.488 e. The fourth-order valence-corrected chi connectivity index (χ4v) is 4.97. The molecule has 10 nitrogen and oxygen atoms in total. The highest BCUT2D eigenvalue weighted by Crippen LogP contribution is 2.37. The van der Waals surface area contributed by atoms with Crippen LogP contribution in [0.5, 0.6) is 23.0 Å². The maximum Gasteiger partial charge on any atom is 0.323 e. The first kappa shape index (κ1) is 30.6. The molecule has 3 aromatic carbocycles. The predicted molar refractivity (Wildman–Crippen MR) is 162 cm³/mol. The molecule has 0 radical (unpaired) electrons. The van der Waals surface area contributed by atoms with E-state index in [1.54, 1.807) is 24.3 Å². The molecule has 1 aromatic heterocycles. The molecular formula is C33H30ClN3O7. The molecule has 226 valence electrons. The first-order valence-electron chi connectivity index (χ1n) is 13.8. The molecule has 0 unspecified atom stereocenters. The second-order valence-corrected chi connectivity index (χ2v) is 10.4. The van der Waals surface area contributed by atoms with Crippen LogP contribution in [0.3, 0.4) is 0 Å². The van der Waals surface area contributed by atoms with Crippen LogP contribution in [-0.4, -0.2) is 47.0 Å². The van der Waals surface area contributed by atoms with Crippen LogP contribution < -0.4 is 24.3 Å². The van der Waals surface area contributed by atoms with Crippen molar-refractivity contribution in [1.82, 2.24) is 10.3 Å². The monoisotopic (exact) mass is 615 g/mol. The molecule has 0 fully saturated rings. The lowest BCUT2D eigenvalue weighted by Gasteiger charge is -2.20. The third-order valence-electron chi connectivity index (χ3n) is 7.15. The number of ether oxygens (including phenoxy) is 4. The first-order chi connectivity index (χ1) is 21.4. The average molecular weight is 616 g/mol. The highest BCUT2D eigenvalue weighted by Gasteiger charge is 2.19. The normalized spacial score (nSPS) is 12.7. The van der Waals surface area contributed by atoms with Crippen molar-refractivity contribution in [1.29, 1.82) is 5.26 Å². The lowest BCUT2D eigenvalue weighted by atomic mass is 9.96. The number of nitrogens with one attached hydrogen (secondary N) is 1. The molecule has 2 heterocycles. The number of aliphatic carboxylic acids is 1. The summed E-state index contributed by atoms with van der Waals surface area (Å²) in [5.74, 6) is 1.03. The second kappa shape index (κ2) is 14.1. The number of aromatic nitrogens is 1. The summed E-state index contributed by atoms with van der Waals surface area (Å²) in [6, 6.07) is 19.4. The molecule has 1 atom stereocenters. The molecule has 0 aliphatic carbocycles. The van der Waals surface area contributed by atoms with E-state index < -0.39 is 18.6 Å².